The fourth-order valence-corrected chi connectivity index (χ4v) is 2.85. The standard InChI is InChI=1S/C20H12N4O6/c25-19(13-8-15(23(26)27)11-16(9-13)24(28)29)21-14-6-7-17-18(10-14)30-20(22-17)12-4-2-1-3-5-12/h1-11H,(H,21,25). The topological polar surface area (TPSA) is 141 Å². The summed E-state index contributed by atoms with van der Waals surface area (Å²) < 4.78 is 5.74. The van der Waals surface area contributed by atoms with Crippen LogP contribution >= 0.6 is 0 Å². The Morgan fingerprint density at radius 3 is 2.20 bits per heavy atom. The molecule has 0 aliphatic carbocycles. The lowest BCUT2D eigenvalue weighted by atomic mass is 10.1. The molecule has 0 fully saturated rings. The van der Waals surface area contributed by atoms with Crippen LogP contribution in [0.2, 0.25) is 0 Å². The minimum atomic E-state index is -0.796. The molecule has 3 aromatic carbocycles. The van der Waals surface area contributed by atoms with Gasteiger partial charge in [-0.1, -0.05) is 18.2 Å². The van der Waals surface area contributed by atoms with Crippen molar-refractivity contribution < 1.29 is 19.1 Å². The Labute approximate surface area is 168 Å². The van der Waals surface area contributed by atoms with Gasteiger partial charge in [0.2, 0.25) is 5.89 Å². The van der Waals surface area contributed by atoms with E-state index in [0.29, 0.717) is 22.7 Å². The predicted molar refractivity (Wildman–Crippen MR) is 107 cm³/mol. The van der Waals surface area contributed by atoms with Gasteiger partial charge in [0.05, 0.1) is 21.5 Å². The highest BCUT2D eigenvalue weighted by molar-refractivity contribution is 6.05. The summed E-state index contributed by atoms with van der Waals surface area (Å²) in [6.07, 6.45) is 0. The number of nitrogens with one attached hydrogen (secondary N) is 1. The number of benzene rings is 3. The van der Waals surface area contributed by atoms with Gasteiger partial charge in [0.1, 0.15) is 5.52 Å². The molecule has 1 N–H and O–H groups in total. The maximum atomic E-state index is 12.5. The molecule has 10 heteroatoms. The number of amides is 1. The molecule has 4 rings (SSSR count). The van der Waals surface area contributed by atoms with Gasteiger partial charge in [-0.2, -0.15) is 0 Å². The number of nitro groups is 2. The fraction of sp³-hybridized carbons (Fsp3) is 0. The van der Waals surface area contributed by atoms with Crippen molar-refractivity contribution in [2.24, 2.45) is 0 Å². The number of fused-ring (bicyclic) bond motifs is 1. The molecule has 0 aliphatic heterocycles. The first-order valence-electron chi connectivity index (χ1n) is 8.62. The minimum Gasteiger partial charge on any atom is -0.436 e. The van der Waals surface area contributed by atoms with Crippen LogP contribution in [0.1, 0.15) is 10.4 Å². The van der Waals surface area contributed by atoms with Crippen molar-refractivity contribution in [3.63, 3.8) is 0 Å². The lowest BCUT2D eigenvalue weighted by Crippen LogP contribution is -2.12. The maximum Gasteiger partial charge on any atom is 0.277 e. The number of nitro benzene ring substituents is 2. The summed E-state index contributed by atoms with van der Waals surface area (Å²) in [5.74, 6) is -0.313. The summed E-state index contributed by atoms with van der Waals surface area (Å²) >= 11 is 0. The van der Waals surface area contributed by atoms with E-state index < -0.39 is 27.1 Å². The molecule has 0 saturated heterocycles. The van der Waals surface area contributed by atoms with Crippen LogP contribution in [0.25, 0.3) is 22.6 Å². The number of anilines is 1. The Morgan fingerprint density at radius 1 is 0.900 bits per heavy atom. The largest absolute Gasteiger partial charge is 0.436 e. The molecule has 30 heavy (non-hydrogen) atoms. The lowest BCUT2D eigenvalue weighted by molar-refractivity contribution is -0.394. The summed E-state index contributed by atoms with van der Waals surface area (Å²) in [5.41, 5.74) is 0.841. The van der Waals surface area contributed by atoms with Gasteiger partial charge < -0.3 is 9.73 Å². The van der Waals surface area contributed by atoms with Gasteiger partial charge in [-0.25, -0.2) is 4.98 Å². The second-order valence-corrected chi connectivity index (χ2v) is 6.27. The van der Waals surface area contributed by atoms with Crippen molar-refractivity contribution >= 4 is 34.1 Å². The fourth-order valence-electron chi connectivity index (χ4n) is 2.85. The van der Waals surface area contributed by atoms with E-state index >= 15 is 0 Å². The molecule has 0 radical (unpaired) electrons. The van der Waals surface area contributed by atoms with Gasteiger partial charge in [-0.3, -0.25) is 25.0 Å². The van der Waals surface area contributed by atoms with Crippen LogP contribution in [-0.2, 0) is 0 Å². The Hall–Kier alpha value is -4.60. The summed E-state index contributed by atoms with van der Waals surface area (Å²) in [4.78, 5) is 37.3. The van der Waals surface area contributed by atoms with Crippen LogP contribution in [0, 0.1) is 20.2 Å². The molecule has 0 saturated carbocycles. The Balaban J connectivity index is 1.63. The van der Waals surface area contributed by atoms with Gasteiger partial charge in [-0.05, 0) is 24.3 Å². The average molecular weight is 404 g/mol. The van der Waals surface area contributed by atoms with Crippen LogP contribution in [0.15, 0.2) is 71.1 Å². The van der Waals surface area contributed by atoms with Crippen molar-refractivity contribution in [3.8, 4) is 11.5 Å². The van der Waals surface area contributed by atoms with Gasteiger partial charge in [0.15, 0.2) is 5.58 Å². The zero-order chi connectivity index (χ0) is 21.3. The lowest BCUT2D eigenvalue weighted by Gasteiger charge is -2.05. The zero-order valence-electron chi connectivity index (χ0n) is 15.1. The highest BCUT2D eigenvalue weighted by Gasteiger charge is 2.20. The zero-order valence-corrected chi connectivity index (χ0v) is 15.1. The minimum absolute atomic E-state index is 0.210. The van der Waals surface area contributed by atoms with Gasteiger partial charge >= 0.3 is 0 Å². The molecule has 0 bridgehead atoms. The van der Waals surface area contributed by atoms with Crippen LogP contribution in [0.4, 0.5) is 17.1 Å². The van der Waals surface area contributed by atoms with Crippen molar-refractivity contribution in [1.82, 2.24) is 4.98 Å². The molecule has 0 spiro atoms. The number of hydrogen-bond donors (Lipinski definition) is 1. The molecule has 1 aromatic heterocycles. The second kappa shape index (κ2) is 7.43. The molecule has 0 aliphatic rings. The van der Waals surface area contributed by atoms with E-state index in [9.17, 15) is 25.0 Å². The Morgan fingerprint density at radius 2 is 1.57 bits per heavy atom. The average Bonchev–Trinajstić information content (AvgIpc) is 3.17. The number of rotatable bonds is 5. The molecule has 4 aromatic rings. The van der Waals surface area contributed by atoms with E-state index in [2.05, 4.69) is 10.3 Å². The predicted octanol–water partition coefficient (Wildman–Crippen LogP) is 4.56. The van der Waals surface area contributed by atoms with Gasteiger partial charge in [0, 0.05) is 29.4 Å². The highest BCUT2D eigenvalue weighted by atomic mass is 16.6. The second-order valence-electron chi connectivity index (χ2n) is 6.27. The number of carbonyl (C=O) groups excluding carboxylic acids is 1. The van der Waals surface area contributed by atoms with E-state index in [1.54, 1.807) is 18.2 Å². The summed E-state index contributed by atoms with van der Waals surface area (Å²) in [6, 6.07) is 16.8. The number of carbonyl (C=O) groups is 1. The van der Waals surface area contributed by atoms with E-state index in [4.69, 9.17) is 4.42 Å². The maximum absolute atomic E-state index is 12.5. The first-order chi connectivity index (χ1) is 14.4. The van der Waals surface area contributed by atoms with Crippen LogP contribution in [0.5, 0.6) is 0 Å². The smallest absolute Gasteiger partial charge is 0.277 e. The highest BCUT2D eigenvalue weighted by Crippen LogP contribution is 2.27. The van der Waals surface area contributed by atoms with E-state index in [1.807, 2.05) is 30.3 Å². The molecule has 1 amide bonds. The Kier molecular flexibility index (Phi) is 4.64. The molecule has 148 valence electrons. The van der Waals surface area contributed by atoms with Crippen molar-refractivity contribution in [2.75, 3.05) is 5.32 Å². The van der Waals surface area contributed by atoms with E-state index in [1.165, 1.54) is 0 Å². The Bertz CT molecular complexity index is 1270. The molecule has 10 nitrogen and oxygen atoms in total. The number of nitrogens with zero attached hydrogens (tertiary/aromatic N) is 3. The molecule has 1 heterocycles. The number of non-ortho nitro benzene ring substituents is 2. The summed E-state index contributed by atoms with van der Waals surface area (Å²) in [5, 5.41) is 24.6. The first kappa shape index (κ1) is 18.7. The number of oxazole rings is 1. The molecule has 0 atom stereocenters. The first-order valence-corrected chi connectivity index (χ1v) is 8.62. The third-order valence-corrected chi connectivity index (χ3v) is 4.25. The molecular formula is C20H12N4O6. The van der Waals surface area contributed by atoms with Crippen LogP contribution < -0.4 is 5.32 Å². The number of aromatic nitrogens is 1. The SMILES string of the molecule is O=C(Nc1ccc2nc(-c3ccccc3)oc2c1)c1cc([N+](=O)[O-])cc([N+](=O)[O-])c1. The number of hydrogen-bond acceptors (Lipinski definition) is 7. The van der Waals surface area contributed by atoms with Crippen molar-refractivity contribution in [1.29, 1.82) is 0 Å². The third-order valence-electron chi connectivity index (χ3n) is 4.25. The van der Waals surface area contributed by atoms with E-state index in [-0.39, 0.29) is 5.56 Å². The normalized spacial score (nSPS) is 10.7. The third kappa shape index (κ3) is 3.69. The van der Waals surface area contributed by atoms with Crippen molar-refractivity contribution in [3.05, 3.63) is 92.5 Å². The van der Waals surface area contributed by atoms with Gasteiger partial charge in [0.25, 0.3) is 17.3 Å². The van der Waals surface area contributed by atoms with Gasteiger partial charge in [-0.15, -0.1) is 0 Å². The van der Waals surface area contributed by atoms with Crippen LogP contribution in [-0.4, -0.2) is 20.7 Å². The molecular weight excluding hydrogens is 392 g/mol. The summed E-state index contributed by atoms with van der Waals surface area (Å²) in [7, 11) is 0. The van der Waals surface area contributed by atoms with E-state index in [0.717, 1.165) is 23.8 Å². The van der Waals surface area contributed by atoms with Crippen LogP contribution in [0.3, 0.4) is 0 Å². The quantitative estimate of drug-likeness (QED) is 0.379. The molecule has 0 unspecified atom stereocenters. The monoisotopic (exact) mass is 404 g/mol. The van der Waals surface area contributed by atoms with Crippen molar-refractivity contribution in [2.45, 2.75) is 0 Å². The summed E-state index contributed by atoms with van der Waals surface area (Å²) in [6.45, 7) is 0.